The van der Waals surface area contributed by atoms with Gasteiger partial charge in [0.2, 0.25) is 0 Å². The van der Waals surface area contributed by atoms with Crippen molar-refractivity contribution in [1.29, 1.82) is 5.26 Å². The highest BCUT2D eigenvalue weighted by atomic mass is 16.2. The standard InChI is InChI=1S/C18H15N5O/c19-10-12-4-6-15(7-5-12)22-18(24)23-16-3-1-2-13(8-16)14-9-17(20)21-11-14/h1-8,11H,9H2,(H2,20,21)(H2,22,23,24). The van der Waals surface area contributed by atoms with Crippen LogP contribution in [0.4, 0.5) is 16.2 Å². The Kier molecular flexibility index (Phi) is 4.25. The summed E-state index contributed by atoms with van der Waals surface area (Å²) in [6, 6.07) is 15.8. The summed E-state index contributed by atoms with van der Waals surface area (Å²) in [6.07, 6.45) is 2.35. The minimum absolute atomic E-state index is 0.354. The highest BCUT2D eigenvalue weighted by Crippen LogP contribution is 2.24. The summed E-state index contributed by atoms with van der Waals surface area (Å²) in [6.45, 7) is 0. The molecule has 0 bridgehead atoms. The molecule has 0 atom stereocenters. The van der Waals surface area contributed by atoms with Crippen LogP contribution < -0.4 is 16.4 Å². The maximum absolute atomic E-state index is 12.1. The van der Waals surface area contributed by atoms with Crippen LogP contribution in [0.25, 0.3) is 5.57 Å². The van der Waals surface area contributed by atoms with Gasteiger partial charge in [-0.1, -0.05) is 12.1 Å². The molecule has 6 nitrogen and oxygen atoms in total. The number of anilines is 2. The highest BCUT2D eigenvalue weighted by molar-refractivity contribution is 6.00. The first-order valence-corrected chi connectivity index (χ1v) is 7.34. The topological polar surface area (TPSA) is 103 Å². The van der Waals surface area contributed by atoms with E-state index in [9.17, 15) is 4.79 Å². The highest BCUT2D eigenvalue weighted by Gasteiger charge is 2.10. The predicted molar refractivity (Wildman–Crippen MR) is 94.5 cm³/mol. The Hall–Kier alpha value is -3.59. The van der Waals surface area contributed by atoms with E-state index in [0.29, 0.717) is 29.2 Å². The average molecular weight is 317 g/mol. The number of carbonyl (C=O) groups excluding carboxylic acids is 1. The lowest BCUT2D eigenvalue weighted by Crippen LogP contribution is -2.19. The van der Waals surface area contributed by atoms with Gasteiger partial charge >= 0.3 is 6.03 Å². The Morgan fingerprint density at radius 2 is 1.88 bits per heavy atom. The van der Waals surface area contributed by atoms with Gasteiger partial charge in [0.1, 0.15) is 5.84 Å². The lowest BCUT2D eigenvalue weighted by molar-refractivity contribution is 0.262. The van der Waals surface area contributed by atoms with Crippen molar-refractivity contribution in [3.63, 3.8) is 0 Å². The van der Waals surface area contributed by atoms with Gasteiger partial charge in [-0.05, 0) is 47.5 Å². The molecular weight excluding hydrogens is 302 g/mol. The van der Waals surface area contributed by atoms with Gasteiger partial charge in [0, 0.05) is 24.0 Å². The van der Waals surface area contributed by atoms with Crippen LogP contribution in [0.5, 0.6) is 0 Å². The van der Waals surface area contributed by atoms with Crippen molar-refractivity contribution in [3.05, 3.63) is 65.9 Å². The summed E-state index contributed by atoms with van der Waals surface area (Å²) < 4.78 is 0. The van der Waals surface area contributed by atoms with E-state index in [1.165, 1.54) is 0 Å². The molecule has 2 aromatic rings. The molecule has 0 aliphatic carbocycles. The van der Waals surface area contributed by atoms with Crippen LogP contribution in [0.1, 0.15) is 17.5 Å². The fourth-order valence-electron chi connectivity index (χ4n) is 2.34. The first-order chi connectivity index (χ1) is 11.6. The van der Waals surface area contributed by atoms with Crippen LogP contribution >= 0.6 is 0 Å². The summed E-state index contributed by atoms with van der Waals surface area (Å²) in [5.41, 5.74) is 9.50. The van der Waals surface area contributed by atoms with Crippen LogP contribution in [0.15, 0.2) is 59.7 Å². The summed E-state index contributed by atoms with van der Waals surface area (Å²) in [7, 11) is 0. The molecule has 1 heterocycles. The van der Waals surface area contributed by atoms with Crippen molar-refractivity contribution in [2.75, 3.05) is 10.6 Å². The van der Waals surface area contributed by atoms with Crippen molar-refractivity contribution in [1.82, 2.24) is 0 Å². The quantitative estimate of drug-likeness (QED) is 0.809. The zero-order chi connectivity index (χ0) is 16.9. The third-order valence-corrected chi connectivity index (χ3v) is 3.52. The molecule has 0 saturated carbocycles. The molecule has 0 saturated heterocycles. The van der Waals surface area contributed by atoms with Crippen LogP contribution in [-0.2, 0) is 0 Å². The number of nitrogens with zero attached hydrogens (tertiary/aromatic N) is 2. The van der Waals surface area contributed by atoms with Crippen LogP contribution in [0.3, 0.4) is 0 Å². The summed E-state index contributed by atoms with van der Waals surface area (Å²) in [5.74, 6) is 0.585. The van der Waals surface area contributed by atoms with Crippen LogP contribution in [0, 0.1) is 11.3 Å². The number of amidine groups is 1. The number of amides is 2. The minimum Gasteiger partial charge on any atom is -0.387 e. The Balaban J connectivity index is 1.65. The van der Waals surface area contributed by atoms with Gasteiger partial charge in [-0.25, -0.2) is 9.79 Å². The first-order valence-electron chi connectivity index (χ1n) is 7.34. The number of urea groups is 1. The van der Waals surface area contributed by atoms with Gasteiger partial charge in [0.25, 0.3) is 0 Å². The molecule has 0 fully saturated rings. The van der Waals surface area contributed by atoms with E-state index >= 15 is 0 Å². The van der Waals surface area contributed by atoms with Crippen molar-refractivity contribution in [2.45, 2.75) is 6.42 Å². The van der Waals surface area contributed by atoms with Gasteiger partial charge < -0.3 is 16.4 Å². The first kappa shape index (κ1) is 15.3. The molecule has 24 heavy (non-hydrogen) atoms. The van der Waals surface area contributed by atoms with E-state index in [1.807, 2.05) is 30.3 Å². The summed E-state index contributed by atoms with van der Waals surface area (Å²) in [4.78, 5) is 16.1. The van der Waals surface area contributed by atoms with E-state index in [-0.39, 0.29) is 6.03 Å². The molecule has 3 rings (SSSR count). The molecule has 2 aromatic carbocycles. The molecular formula is C18H15N5O. The molecule has 0 unspecified atom stereocenters. The number of carbonyl (C=O) groups is 1. The molecule has 0 spiro atoms. The number of hydrogen-bond acceptors (Lipinski definition) is 4. The molecule has 1 aliphatic rings. The van der Waals surface area contributed by atoms with Crippen molar-refractivity contribution < 1.29 is 4.79 Å². The van der Waals surface area contributed by atoms with Gasteiger partial charge in [-0.3, -0.25) is 0 Å². The predicted octanol–water partition coefficient (Wildman–Crippen LogP) is 3.30. The van der Waals surface area contributed by atoms with Crippen LogP contribution in [-0.4, -0.2) is 11.9 Å². The van der Waals surface area contributed by atoms with Gasteiger partial charge in [-0.2, -0.15) is 5.26 Å². The molecule has 118 valence electrons. The fourth-order valence-corrected chi connectivity index (χ4v) is 2.34. The smallest absolute Gasteiger partial charge is 0.323 e. The fraction of sp³-hybridized carbons (Fsp3) is 0.0556. The molecule has 0 aromatic heterocycles. The van der Waals surface area contributed by atoms with Gasteiger partial charge in [-0.15, -0.1) is 0 Å². The molecule has 6 heteroatoms. The van der Waals surface area contributed by atoms with Gasteiger partial charge in [0.15, 0.2) is 0 Å². The van der Waals surface area contributed by atoms with E-state index in [4.69, 9.17) is 11.0 Å². The minimum atomic E-state index is -0.354. The van der Waals surface area contributed by atoms with Crippen LogP contribution in [0.2, 0.25) is 0 Å². The molecule has 1 aliphatic heterocycles. The van der Waals surface area contributed by atoms with E-state index < -0.39 is 0 Å². The van der Waals surface area contributed by atoms with E-state index in [2.05, 4.69) is 15.6 Å². The zero-order valence-corrected chi connectivity index (χ0v) is 12.8. The second kappa shape index (κ2) is 6.67. The van der Waals surface area contributed by atoms with Crippen molar-refractivity contribution >= 4 is 28.8 Å². The zero-order valence-electron chi connectivity index (χ0n) is 12.8. The molecule has 0 radical (unpaired) electrons. The largest absolute Gasteiger partial charge is 0.387 e. The second-order valence-corrected chi connectivity index (χ2v) is 5.30. The van der Waals surface area contributed by atoms with E-state index in [1.54, 1.807) is 30.5 Å². The average Bonchev–Trinajstić information content (AvgIpc) is 3.02. The number of nitrogens with two attached hydrogens (primary N) is 1. The SMILES string of the molecule is N#Cc1ccc(NC(=O)Nc2cccc(C3=CN=C(N)C3)c2)cc1. The van der Waals surface area contributed by atoms with Crippen molar-refractivity contribution in [3.8, 4) is 6.07 Å². The third kappa shape index (κ3) is 3.59. The number of nitriles is 1. The summed E-state index contributed by atoms with van der Waals surface area (Å²) >= 11 is 0. The normalized spacial score (nSPS) is 12.8. The van der Waals surface area contributed by atoms with Crippen molar-refractivity contribution in [2.24, 2.45) is 10.7 Å². The molecule has 4 N–H and O–H groups in total. The summed E-state index contributed by atoms with van der Waals surface area (Å²) in [5, 5.41) is 14.3. The Morgan fingerprint density at radius 3 is 2.54 bits per heavy atom. The lowest BCUT2D eigenvalue weighted by Gasteiger charge is -2.09. The number of nitrogens with one attached hydrogen (secondary N) is 2. The van der Waals surface area contributed by atoms with Gasteiger partial charge in [0.05, 0.1) is 11.6 Å². The number of hydrogen-bond donors (Lipinski definition) is 3. The number of benzene rings is 2. The third-order valence-electron chi connectivity index (χ3n) is 3.52. The lowest BCUT2D eigenvalue weighted by atomic mass is 10.0. The number of rotatable bonds is 3. The Labute approximate surface area is 139 Å². The maximum atomic E-state index is 12.1. The second-order valence-electron chi connectivity index (χ2n) is 5.30. The monoisotopic (exact) mass is 317 g/mol. The number of aliphatic imine (C=N–C) groups is 1. The Morgan fingerprint density at radius 1 is 1.12 bits per heavy atom. The Bertz CT molecular complexity index is 875. The van der Waals surface area contributed by atoms with E-state index in [0.717, 1.165) is 11.1 Å². The maximum Gasteiger partial charge on any atom is 0.323 e. The molecule has 2 amide bonds.